The van der Waals surface area contributed by atoms with Crippen molar-refractivity contribution in [1.82, 2.24) is 5.32 Å². The summed E-state index contributed by atoms with van der Waals surface area (Å²) < 4.78 is 5.18. The van der Waals surface area contributed by atoms with Crippen LogP contribution < -0.4 is 10.6 Å². The van der Waals surface area contributed by atoms with Crippen LogP contribution in [0.1, 0.15) is 59.2 Å². The van der Waals surface area contributed by atoms with E-state index < -0.39 is 11.9 Å². The first-order valence-electron chi connectivity index (χ1n) is 8.65. The Morgan fingerprint density at radius 1 is 1.11 bits per heavy atom. The number of hydrogen-bond donors (Lipinski definition) is 3. The largest absolute Gasteiger partial charge is 0.481 e. The summed E-state index contributed by atoms with van der Waals surface area (Å²) in [7, 11) is 0. The molecule has 1 aromatic carbocycles. The Kier molecular flexibility index (Phi) is 6.05. The van der Waals surface area contributed by atoms with Gasteiger partial charge in [-0.25, -0.2) is 0 Å². The first kappa shape index (κ1) is 20.2. The quantitative estimate of drug-likeness (QED) is 0.690. The van der Waals surface area contributed by atoms with E-state index in [1.54, 1.807) is 31.2 Å². The zero-order valence-electron chi connectivity index (χ0n) is 15.9. The van der Waals surface area contributed by atoms with E-state index in [0.717, 1.165) is 6.42 Å². The lowest BCUT2D eigenvalue weighted by atomic mass is 10.0. The molecule has 0 saturated carbocycles. The summed E-state index contributed by atoms with van der Waals surface area (Å²) in [6, 6.07) is 6.49. The van der Waals surface area contributed by atoms with Crippen LogP contribution in [0.15, 0.2) is 34.9 Å². The van der Waals surface area contributed by atoms with Crippen LogP contribution in [0.3, 0.4) is 0 Å². The van der Waals surface area contributed by atoms with Crippen molar-refractivity contribution in [2.45, 2.75) is 46.1 Å². The molecule has 7 heteroatoms. The van der Waals surface area contributed by atoms with E-state index >= 15 is 0 Å². The molecule has 0 saturated heterocycles. The van der Waals surface area contributed by atoms with Crippen molar-refractivity contribution in [2.75, 3.05) is 5.32 Å². The topological polar surface area (TPSA) is 109 Å². The Morgan fingerprint density at radius 2 is 1.74 bits per heavy atom. The maximum atomic E-state index is 12.5. The smallest absolute Gasteiger partial charge is 0.311 e. The van der Waals surface area contributed by atoms with Gasteiger partial charge in [0.05, 0.1) is 11.8 Å². The van der Waals surface area contributed by atoms with Gasteiger partial charge < -0.3 is 20.2 Å². The van der Waals surface area contributed by atoms with Crippen LogP contribution >= 0.6 is 0 Å². The number of furan rings is 1. The van der Waals surface area contributed by atoms with Crippen LogP contribution in [0.25, 0.3) is 0 Å². The molecule has 0 spiro atoms. The summed E-state index contributed by atoms with van der Waals surface area (Å²) in [6.07, 6.45) is 1.79. The monoisotopic (exact) mass is 372 g/mol. The number of amides is 2. The summed E-state index contributed by atoms with van der Waals surface area (Å²) >= 11 is 0. The Bertz CT molecular complexity index is 850. The first-order chi connectivity index (χ1) is 12.6. The molecule has 0 aliphatic carbocycles. The lowest BCUT2D eigenvalue weighted by molar-refractivity contribution is -0.136. The molecule has 144 valence electrons. The number of rotatable bonds is 7. The van der Waals surface area contributed by atoms with E-state index in [1.165, 1.54) is 6.26 Å². The molecule has 1 aromatic heterocycles. The number of carbonyl (C=O) groups excluding carboxylic acids is 2. The fourth-order valence-corrected chi connectivity index (χ4v) is 2.44. The zero-order chi connectivity index (χ0) is 20.2. The van der Waals surface area contributed by atoms with Crippen LogP contribution in [0.5, 0.6) is 0 Å². The first-order valence-corrected chi connectivity index (χ1v) is 8.65. The van der Waals surface area contributed by atoms with Gasteiger partial charge in [0.2, 0.25) is 0 Å². The number of benzene rings is 1. The molecule has 0 atom stereocenters. The van der Waals surface area contributed by atoms with Crippen LogP contribution in [0, 0.1) is 6.92 Å². The molecule has 0 aliphatic heterocycles. The second-order valence-corrected chi connectivity index (χ2v) is 7.01. The van der Waals surface area contributed by atoms with Gasteiger partial charge in [0.15, 0.2) is 0 Å². The summed E-state index contributed by atoms with van der Waals surface area (Å²) in [4.78, 5) is 35.7. The van der Waals surface area contributed by atoms with Crippen molar-refractivity contribution >= 4 is 23.5 Å². The Balaban J connectivity index is 2.11. The summed E-state index contributed by atoms with van der Waals surface area (Å²) in [5.74, 6) is -1.62. The van der Waals surface area contributed by atoms with E-state index in [2.05, 4.69) is 10.6 Å². The number of aliphatic carboxylic acids is 1. The molecule has 0 radical (unpaired) electrons. The third kappa shape index (κ3) is 5.20. The van der Waals surface area contributed by atoms with Gasteiger partial charge in [0.1, 0.15) is 12.2 Å². The van der Waals surface area contributed by atoms with Gasteiger partial charge in [0, 0.05) is 22.4 Å². The Morgan fingerprint density at radius 3 is 2.30 bits per heavy atom. The molecule has 27 heavy (non-hydrogen) atoms. The number of carboxylic acid groups (broad SMARTS) is 1. The highest BCUT2D eigenvalue weighted by Gasteiger charge is 2.21. The molecular formula is C20H24N2O5. The standard InChI is InChI=1S/C20H24N2O5/c1-5-20(3,4)22-18(25)13-6-8-14(9-7-13)21-19(26)17-12(2)11-27-15(17)10-16(23)24/h6-9,11H,5,10H2,1-4H3,(H,21,26)(H,22,25)(H,23,24). The Labute approximate surface area is 157 Å². The van der Waals surface area contributed by atoms with Gasteiger partial charge >= 0.3 is 5.97 Å². The third-order valence-corrected chi connectivity index (χ3v) is 4.33. The zero-order valence-corrected chi connectivity index (χ0v) is 15.9. The van der Waals surface area contributed by atoms with Gasteiger partial charge in [-0.05, 0) is 51.5 Å². The second kappa shape index (κ2) is 8.07. The fourth-order valence-electron chi connectivity index (χ4n) is 2.44. The lowest BCUT2D eigenvalue weighted by Crippen LogP contribution is -2.42. The number of carboxylic acids is 1. The molecule has 2 aromatic rings. The molecule has 0 fully saturated rings. The van der Waals surface area contributed by atoms with Crippen molar-refractivity contribution in [1.29, 1.82) is 0 Å². The van der Waals surface area contributed by atoms with Crippen molar-refractivity contribution < 1.29 is 23.9 Å². The highest BCUT2D eigenvalue weighted by Crippen LogP contribution is 2.20. The molecule has 2 rings (SSSR count). The van der Waals surface area contributed by atoms with Crippen molar-refractivity contribution in [3.63, 3.8) is 0 Å². The predicted octanol–water partition coefficient (Wildman–Crippen LogP) is 3.39. The van der Waals surface area contributed by atoms with Crippen molar-refractivity contribution in [3.05, 3.63) is 53.0 Å². The maximum absolute atomic E-state index is 12.5. The average molecular weight is 372 g/mol. The van der Waals surface area contributed by atoms with E-state index in [-0.39, 0.29) is 29.2 Å². The number of aryl methyl sites for hydroxylation is 1. The van der Waals surface area contributed by atoms with Gasteiger partial charge in [-0.2, -0.15) is 0 Å². The molecular weight excluding hydrogens is 348 g/mol. The minimum atomic E-state index is -1.08. The van der Waals surface area contributed by atoms with Crippen molar-refractivity contribution in [2.24, 2.45) is 0 Å². The van der Waals surface area contributed by atoms with Gasteiger partial charge in [-0.15, -0.1) is 0 Å². The second-order valence-electron chi connectivity index (χ2n) is 7.01. The molecule has 0 unspecified atom stereocenters. The minimum Gasteiger partial charge on any atom is -0.481 e. The number of anilines is 1. The SMILES string of the molecule is CCC(C)(C)NC(=O)c1ccc(NC(=O)c2c(C)coc2CC(=O)O)cc1. The summed E-state index contributed by atoms with van der Waals surface area (Å²) in [5.41, 5.74) is 1.45. The maximum Gasteiger partial charge on any atom is 0.311 e. The van der Waals surface area contributed by atoms with Crippen LogP contribution in [0.2, 0.25) is 0 Å². The molecule has 1 heterocycles. The predicted molar refractivity (Wildman–Crippen MR) is 101 cm³/mol. The molecule has 2 amide bonds. The molecule has 7 nitrogen and oxygen atoms in total. The van der Waals surface area contributed by atoms with E-state index in [4.69, 9.17) is 9.52 Å². The van der Waals surface area contributed by atoms with Crippen LogP contribution in [-0.2, 0) is 11.2 Å². The summed E-state index contributed by atoms with van der Waals surface area (Å²) in [5, 5.41) is 14.6. The number of carbonyl (C=O) groups is 3. The molecule has 0 bridgehead atoms. The van der Waals surface area contributed by atoms with Crippen LogP contribution in [-0.4, -0.2) is 28.4 Å². The third-order valence-electron chi connectivity index (χ3n) is 4.33. The Hall–Kier alpha value is -3.09. The number of nitrogens with one attached hydrogen (secondary N) is 2. The van der Waals surface area contributed by atoms with E-state index in [9.17, 15) is 14.4 Å². The normalized spacial score (nSPS) is 11.1. The highest BCUT2D eigenvalue weighted by molar-refractivity contribution is 6.06. The van der Waals surface area contributed by atoms with Gasteiger partial charge in [-0.1, -0.05) is 6.92 Å². The minimum absolute atomic E-state index is 0.107. The number of hydrogen-bond acceptors (Lipinski definition) is 4. The fraction of sp³-hybridized carbons (Fsp3) is 0.350. The summed E-state index contributed by atoms with van der Waals surface area (Å²) in [6.45, 7) is 7.56. The van der Waals surface area contributed by atoms with E-state index in [1.807, 2.05) is 20.8 Å². The lowest BCUT2D eigenvalue weighted by Gasteiger charge is -2.24. The molecule has 3 N–H and O–H groups in total. The highest BCUT2D eigenvalue weighted by atomic mass is 16.4. The van der Waals surface area contributed by atoms with Gasteiger partial charge in [-0.3, -0.25) is 14.4 Å². The molecule has 0 aliphatic rings. The van der Waals surface area contributed by atoms with Crippen molar-refractivity contribution in [3.8, 4) is 0 Å². The van der Waals surface area contributed by atoms with E-state index in [0.29, 0.717) is 16.8 Å². The van der Waals surface area contributed by atoms with Crippen LogP contribution in [0.4, 0.5) is 5.69 Å². The average Bonchev–Trinajstić information content (AvgIpc) is 2.94. The van der Waals surface area contributed by atoms with Gasteiger partial charge in [0.25, 0.3) is 11.8 Å².